The van der Waals surface area contributed by atoms with Gasteiger partial charge in [-0.3, -0.25) is 4.99 Å². The Morgan fingerprint density at radius 2 is 1.90 bits per heavy atom. The minimum Gasteiger partial charge on any atom is -0.497 e. The Hall–Kier alpha value is -1.91. The highest BCUT2D eigenvalue weighted by Crippen LogP contribution is 2.24. The zero-order valence-corrected chi connectivity index (χ0v) is 12.8. The van der Waals surface area contributed by atoms with Crippen LogP contribution in [0.15, 0.2) is 23.2 Å². The summed E-state index contributed by atoms with van der Waals surface area (Å²) < 4.78 is 10.6. The molecule has 1 rings (SSSR count). The Balaban J connectivity index is 2.71. The van der Waals surface area contributed by atoms with Crippen molar-refractivity contribution in [2.45, 2.75) is 20.3 Å². The van der Waals surface area contributed by atoms with Gasteiger partial charge in [0.1, 0.15) is 11.5 Å². The lowest BCUT2D eigenvalue weighted by molar-refractivity contribution is 0.398. The molecule has 0 heterocycles. The molecule has 0 aliphatic heterocycles. The van der Waals surface area contributed by atoms with Crippen molar-refractivity contribution in [1.29, 1.82) is 0 Å². The Labute approximate surface area is 121 Å². The number of hydrogen-bond acceptors (Lipinski definition) is 3. The zero-order valence-electron chi connectivity index (χ0n) is 12.8. The Morgan fingerprint density at radius 1 is 1.20 bits per heavy atom. The molecule has 1 aromatic carbocycles. The molecule has 0 radical (unpaired) electrons. The summed E-state index contributed by atoms with van der Waals surface area (Å²) in [7, 11) is 3.32. The molecule has 0 bridgehead atoms. The molecule has 0 atom stereocenters. The van der Waals surface area contributed by atoms with Gasteiger partial charge in [0.15, 0.2) is 5.96 Å². The van der Waals surface area contributed by atoms with Gasteiger partial charge in [-0.1, -0.05) is 0 Å². The summed E-state index contributed by atoms with van der Waals surface area (Å²) >= 11 is 0. The second kappa shape index (κ2) is 8.30. The van der Waals surface area contributed by atoms with Crippen molar-refractivity contribution in [3.05, 3.63) is 23.8 Å². The lowest BCUT2D eigenvalue weighted by atomic mass is 10.1. The number of rotatable bonds is 7. The smallest absolute Gasteiger partial charge is 0.191 e. The number of hydrogen-bond donors (Lipinski definition) is 1. The molecule has 0 saturated carbocycles. The van der Waals surface area contributed by atoms with Crippen molar-refractivity contribution in [2.75, 3.05) is 33.9 Å². The predicted molar refractivity (Wildman–Crippen MR) is 82.7 cm³/mol. The highest BCUT2D eigenvalue weighted by Gasteiger charge is 2.06. The van der Waals surface area contributed by atoms with Gasteiger partial charge in [0.05, 0.1) is 14.2 Å². The first-order valence-corrected chi connectivity index (χ1v) is 6.92. The van der Waals surface area contributed by atoms with E-state index in [1.54, 1.807) is 14.2 Å². The Kier molecular flexibility index (Phi) is 6.70. The van der Waals surface area contributed by atoms with Crippen LogP contribution < -0.4 is 15.2 Å². The van der Waals surface area contributed by atoms with E-state index >= 15 is 0 Å². The van der Waals surface area contributed by atoms with Crippen LogP contribution in [0.2, 0.25) is 0 Å². The molecule has 0 aliphatic rings. The van der Waals surface area contributed by atoms with E-state index in [1.165, 1.54) is 0 Å². The lowest BCUT2D eigenvalue weighted by Gasteiger charge is -2.19. The van der Waals surface area contributed by atoms with Gasteiger partial charge in [0.2, 0.25) is 0 Å². The van der Waals surface area contributed by atoms with Crippen LogP contribution in [0.5, 0.6) is 11.5 Å². The standard InChI is InChI=1S/C15H25N3O2/c1-5-18(6-2)15(16)17-10-9-12-11-13(19-3)7-8-14(12)20-4/h7-8,11H,5-6,9-10H2,1-4H3,(H2,16,17). The van der Waals surface area contributed by atoms with Crippen molar-refractivity contribution >= 4 is 5.96 Å². The summed E-state index contributed by atoms with van der Waals surface area (Å²) in [5.74, 6) is 2.26. The number of aliphatic imine (C=N–C) groups is 1. The first-order valence-electron chi connectivity index (χ1n) is 6.92. The fraction of sp³-hybridized carbons (Fsp3) is 0.533. The SMILES string of the molecule is CCN(CC)C(N)=NCCc1cc(OC)ccc1OC. The summed E-state index contributed by atoms with van der Waals surface area (Å²) in [5, 5.41) is 0. The second-order valence-corrected chi connectivity index (χ2v) is 4.34. The molecule has 0 saturated heterocycles. The number of nitrogens with zero attached hydrogens (tertiary/aromatic N) is 2. The van der Waals surface area contributed by atoms with Crippen LogP contribution in [0.1, 0.15) is 19.4 Å². The fourth-order valence-corrected chi connectivity index (χ4v) is 2.02. The third-order valence-electron chi connectivity index (χ3n) is 3.23. The second-order valence-electron chi connectivity index (χ2n) is 4.34. The van der Waals surface area contributed by atoms with E-state index in [4.69, 9.17) is 15.2 Å². The van der Waals surface area contributed by atoms with Crippen molar-refractivity contribution in [3.8, 4) is 11.5 Å². The molecule has 0 unspecified atom stereocenters. The molecule has 0 fully saturated rings. The van der Waals surface area contributed by atoms with Gasteiger partial charge in [-0.15, -0.1) is 0 Å². The molecule has 0 spiro atoms. The topological polar surface area (TPSA) is 60.1 Å². The van der Waals surface area contributed by atoms with Crippen molar-refractivity contribution in [3.63, 3.8) is 0 Å². The van der Waals surface area contributed by atoms with Gasteiger partial charge in [-0.05, 0) is 44.0 Å². The highest BCUT2D eigenvalue weighted by molar-refractivity contribution is 5.78. The molecule has 2 N–H and O–H groups in total. The van der Waals surface area contributed by atoms with Crippen LogP contribution >= 0.6 is 0 Å². The number of benzene rings is 1. The molecular weight excluding hydrogens is 254 g/mol. The van der Waals surface area contributed by atoms with Crippen LogP contribution in [-0.4, -0.2) is 44.7 Å². The highest BCUT2D eigenvalue weighted by atomic mass is 16.5. The first kappa shape index (κ1) is 16.1. The molecule has 0 amide bonds. The zero-order chi connectivity index (χ0) is 15.0. The maximum Gasteiger partial charge on any atom is 0.191 e. The average molecular weight is 279 g/mol. The monoisotopic (exact) mass is 279 g/mol. The molecule has 1 aromatic rings. The average Bonchev–Trinajstić information content (AvgIpc) is 2.48. The molecule has 20 heavy (non-hydrogen) atoms. The van der Waals surface area contributed by atoms with Gasteiger partial charge < -0.3 is 20.1 Å². The van der Waals surface area contributed by atoms with E-state index in [0.29, 0.717) is 12.5 Å². The van der Waals surface area contributed by atoms with E-state index in [0.717, 1.165) is 36.6 Å². The minimum atomic E-state index is 0.594. The van der Waals surface area contributed by atoms with Gasteiger partial charge in [-0.25, -0.2) is 0 Å². The lowest BCUT2D eigenvalue weighted by Crippen LogP contribution is -2.37. The van der Waals surface area contributed by atoms with Crippen LogP contribution in [0, 0.1) is 0 Å². The molecule has 112 valence electrons. The van der Waals surface area contributed by atoms with Crippen molar-refractivity contribution in [1.82, 2.24) is 4.90 Å². The first-order chi connectivity index (χ1) is 9.65. The van der Waals surface area contributed by atoms with Crippen LogP contribution in [0.3, 0.4) is 0 Å². The van der Waals surface area contributed by atoms with Crippen LogP contribution in [-0.2, 0) is 6.42 Å². The maximum atomic E-state index is 5.95. The number of ether oxygens (including phenoxy) is 2. The normalized spacial score (nSPS) is 11.3. The maximum absolute atomic E-state index is 5.95. The third kappa shape index (κ3) is 4.33. The molecule has 0 aromatic heterocycles. The van der Waals surface area contributed by atoms with Crippen molar-refractivity contribution < 1.29 is 9.47 Å². The predicted octanol–water partition coefficient (Wildman–Crippen LogP) is 1.90. The van der Waals surface area contributed by atoms with Gasteiger partial charge in [-0.2, -0.15) is 0 Å². The van der Waals surface area contributed by atoms with E-state index in [9.17, 15) is 0 Å². The van der Waals surface area contributed by atoms with E-state index in [2.05, 4.69) is 18.8 Å². The number of guanidine groups is 1. The van der Waals surface area contributed by atoms with Crippen molar-refractivity contribution in [2.24, 2.45) is 10.7 Å². The van der Waals surface area contributed by atoms with Gasteiger partial charge in [0.25, 0.3) is 0 Å². The summed E-state index contributed by atoms with van der Waals surface area (Å²) in [6.45, 7) is 6.50. The molecular formula is C15H25N3O2. The summed E-state index contributed by atoms with van der Waals surface area (Å²) in [4.78, 5) is 6.45. The van der Waals surface area contributed by atoms with E-state index < -0.39 is 0 Å². The Morgan fingerprint density at radius 3 is 2.45 bits per heavy atom. The molecule has 0 aliphatic carbocycles. The van der Waals surface area contributed by atoms with E-state index in [-0.39, 0.29) is 0 Å². The van der Waals surface area contributed by atoms with Gasteiger partial charge in [0, 0.05) is 19.6 Å². The summed E-state index contributed by atoms with van der Waals surface area (Å²) in [5.41, 5.74) is 7.02. The Bertz CT molecular complexity index is 443. The summed E-state index contributed by atoms with van der Waals surface area (Å²) in [6.07, 6.45) is 0.766. The fourth-order valence-electron chi connectivity index (χ4n) is 2.02. The van der Waals surface area contributed by atoms with Crippen LogP contribution in [0.4, 0.5) is 0 Å². The molecule has 5 nitrogen and oxygen atoms in total. The van der Waals surface area contributed by atoms with Gasteiger partial charge >= 0.3 is 0 Å². The molecule has 5 heteroatoms. The largest absolute Gasteiger partial charge is 0.497 e. The quantitative estimate of drug-likeness (QED) is 0.612. The number of nitrogens with two attached hydrogens (primary N) is 1. The minimum absolute atomic E-state index is 0.594. The number of methoxy groups -OCH3 is 2. The van der Waals surface area contributed by atoms with Crippen LogP contribution in [0.25, 0.3) is 0 Å². The van der Waals surface area contributed by atoms with E-state index in [1.807, 2.05) is 23.1 Å². The summed E-state index contributed by atoms with van der Waals surface area (Å²) in [6, 6.07) is 5.77. The third-order valence-corrected chi connectivity index (χ3v) is 3.23.